The maximum atomic E-state index is 12.3. The molecular formula is C13H14N2O2S. The topological polar surface area (TPSA) is 50.7 Å². The summed E-state index contributed by atoms with van der Waals surface area (Å²) in [5.74, 6) is 0.715. The number of rotatable bonds is 0. The summed E-state index contributed by atoms with van der Waals surface area (Å²) < 4.78 is 5.78. The minimum absolute atomic E-state index is 0.0180. The smallest absolute Gasteiger partial charge is 0.258 e. The Morgan fingerprint density at radius 3 is 3.00 bits per heavy atom. The van der Waals surface area contributed by atoms with E-state index in [0.717, 1.165) is 11.3 Å². The van der Waals surface area contributed by atoms with Gasteiger partial charge in [-0.1, -0.05) is 30.0 Å². The number of aliphatic imine (C=N–C) groups is 1. The number of amidine groups is 1. The van der Waals surface area contributed by atoms with Crippen molar-refractivity contribution in [3.63, 3.8) is 0 Å². The summed E-state index contributed by atoms with van der Waals surface area (Å²) in [6.45, 7) is 1.97. The van der Waals surface area contributed by atoms with Gasteiger partial charge in [-0.25, -0.2) is 4.99 Å². The summed E-state index contributed by atoms with van der Waals surface area (Å²) in [7, 11) is 0. The zero-order chi connectivity index (χ0) is 12.8. The third kappa shape index (κ3) is 1.54. The van der Waals surface area contributed by atoms with Crippen molar-refractivity contribution in [2.45, 2.75) is 25.0 Å². The van der Waals surface area contributed by atoms with Crippen LogP contribution < -0.4 is 10.1 Å². The Morgan fingerprint density at radius 2 is 2.28 bits per heavy atom. The summed E-state index contributed by atoms with van der Waals surface area (Å²) in [6.07, 6.45) is 2.47. The largest absolute Gasteiger partial charge is 0.490 e. The summed E-state index contributed by atoms with van der Waals surface area (Å²) in [4.78, 5) is 16.9. The molecular weight excluding hydrogens is 248 g/mol. The Morgan fingerprint density at radius 1 is 1.50 bits per heavy atom. The van der Waals surface area contributed by atoms with E-state index in [0.29, 0.717) is 11.6 Å². The van der Waals surface area contributed by atoms with Crippen molar-refractivity contribution in [3.05, 3.63) is 29.8 Å². The number of fused-ring (bicyclic) bond motifs is 2. The molecule has 94 valence electrons. The van der Waals surface area contributed by atoms with Crippen LogP contribution in [0.5, 0.6) is 5.75 Å². The van der Waals surface area contributed by atoms with E-state index in [4.69, 9.17) is 4.74 Å². The van der Waals surface area contributed by atoms with Crippen molar-refractivity contribution < 1.29 is 9.53 Å². The van der Waals surface area contributed by atoms with Gasteiger partial charge in [0.2, 0.25) is 0 Å². The Bertz CT molecular complexity index is 544. The third-order valence-electron chi connectivity index (χ3n) is 3.33. The Hall–Kier alpha value is -1.49. The number of nitrogens with one attached hydrogen (secondary N) is 1. The van der Waals surface area contributed by atoms with Gasteiger partial charge >= 0.3 is 0 Å². The molecule has 5 heteroatoms. The Labute approximate surface area is 110 Å². The van der Waals surface area contributed by atoms with E-state index in [2.05, 4.69) is 10.3 Å². The first kappa shape index (κ1) is 11.6. The SMILES string of the molecule is CSC1=NC2(CC(C)Oc3ccccc32)C(=O)N1. The van der Waals surface area contributed by atoms with Crippen molar-refractivity contribution >= 4 is 22.8 Å². The van der Waals surface area contributed by atoms with Gasteiger partial charge in [-0.15, -0.1) is 0 Å². The van der Waals surface area contributed by atoms with Gasteiger partial charge in [0.05, 0.1) is 6.10 Å². The standard InChI is InChI=1S/C13H14N2O2S/c1-8-7-13(11(16)14-12(15-13)18-2)9-5-3-4-6-10(9)17-8/h3-6,8H,7H2,1-2H3,(H,14,15,16). The van der Waals surface area contributed by atoms with Crippen LogP contribution in [0.4, 0.5) is 0 Å². The van der Waals surface area contributed by atoms with Gasteiger partial charge in [-0.2, -0.15) is 0 Å². The van der Waals surface area contributed by atoms with Crippen LogP contribution in [0.25, 0.3) is 0 Å². The summed E-state index contributed by atoms with van der Waals surface area (Å²) in [5.41, 5.74) is 0.0664. The predicted molar refractivity (Wildman–Crippen MR) is 71.9 cm³/mol. The van der Waals surface area contributed by atoms with Gasteiger partial charge in [0.25, 0.3) is 5.91 Å². The highest BCUT2D eigenvalue weighted by atomic mass is 32.2. The van der Waals surface area contributed by atoms with E-state index >= 15 is 0 Å². The van der Waals surface area contributed by atoms with Crippen LogP contribution >= 0.6 is 11.8 Å². The average Bonchev–Trinajstić information content (AvgIpc) is 2.67. The number of thioether (sulfide) groups is 1. The molecule has 2 aliphatic heterocycles. The van der Waals surface area contributed by atoms with E-state index in [9.17, 15) is 4.79 Å². The summed E-state index contributed by atoms with van der Waals surface area (Å²) in [5, 5.41) is 3.53. The average molecular weight is 262 g/mol. The number of carbonyl (C=O) groups is 1. The van der Waals surface area contributed by atoms with E-state index in [1.54, 1.807) is 0 Å². The minimum Gasteiger partial charge on any atom is -0.490 e. The number of amides is 1. The van der Waals surface area contributed by atoms with Crippen molar-refractivity contribution in [1.82, 2.24) is 5.32 Å². The van der Waals surface area contributed by atoms with Crippen molar-refractivity contribution in [2.24, 2.45) is 4.99 Å². The molecule has 3 rings (SSSR count). The molecule has 0 saturated carbocycles. The molecule has 18 heavy (non-hydrogen) atoms. The third-order valence-corrected chi connectivity index (χ3v) is 3.91. The van der Waals surface area contributed by atoms with Gasteiger partial charge in [0.1, 0.15) is 5.75 Å². The lowest BCUT2D eigenvalue weighted by atomic mass is 9.82. The van der Waals surface area contributed by atoms with Crippen LogP contribution in [0.2, 0.25) is 0 Å². The molecule has 0 saturated heterocycles. The van der Waals surface area contributed by atoms with Crippen molar-refractivity contribution in [1.29, 1.82) is 0 Å². The number of para-hydroxylation sites is 1. The number of ether oxygens (including phenoxy) is 1. The number of carbonyl (C=O) groups excluding carboxylic acids is 1. The molecule has 0 aliphatic carbocycles. The second-order valence-electron chi connectivity index (χ2n) is 4.56. The Balaban J connectivity index is 2.18. The van der Waals surface area contributed by atoms with Gasteiger partial charge in [-0.05, 0) is 19.2 Å². The van der Waals surface area contributed by atoms with Gasteiger partial charge in [0, 0.05) is 12.0 Å². The van der Waals surface area contributed by atoms with E-state index in [-0.39, 0.29) is 12.0 Å². The predicted octanol–water partition coefficient (Wildman–Crippen LogP) is 1.90. The molecule has 0 aromatic heterocycles. The molecule has 0 fully saturated rings. The maximum Gasteiger partial charge on any atom is 0.258 e. The molecule has 0 radical (unpaired) electrons. The van der Waals surface area contributed by atoms with Crippen LogP contribution in [0.3, 0.4) is 0 Å². The van der Waals surface area contributed by atoms with Crippen molar-refractivity contribution in [2.75, 3.05) is 6.26 Å². The molecule has 1 aromatic rings. The normalized spacial score (nSPS) is 29.6. The monoisotopic (exact) mass is 262 g/mol. The highest BCUT2D eigenvalue weighted by molar-refractivity contribution is 8.13. The quantitative estimate of drug-likeness (QED) is 0.777. The fourth-order valence-corrected chi connectivity index (χ4v) is 3.01. The van der Waals surface area contributed by atoms with E-state index < -0.39 is 5.54 Å². The first-order valence-electron chi connectivity index (χ1n) is 5.87. The summed E-state index contributed by atoms with van der Waals surface area (Å²) in [6, 6.07) is 7.65. The van der Waals surface area contributed by atoms with Crippen LogP contribution in [0, 0.1) is 0 Å². The lowest BCUT2D eigenvalue weighted by Gasteiger charge is -2.34. The molecule has 2 heterocycles. The molecule has 1 amide bonds. The zero-order valence-corrected chi connectivity index (χ0v) is 11.1. The lowest BCUT2D eigenvalue weighted by Crippen LogP contribution is -2.43. The van der Waals surface area contributed by atoms with Crippen LogP contribution in [-0.4, -0.2) is 23.4 Å². The first-order valence-corrected chi connectivity index (χ1v) is 7.09. The van der Waals surface area contributed by atoms with Crippen LogP contribution in [0.15, 0.2) is 29.3 Å². The fraction of sp³-hybridized carbons (Fsp3) is 0.385. The molecule has 2 atom stereocenters. The van der Waals surface area contributed by atoms with Crippen LogP contribution in [-0.2, 0) is 10.3 Å². The second kappa shape index (κ2) is 4.02. The highest BCUT2D eigenvalue weighted by Gasteiger charge is 2.50. The van der Waals surface area contributed by atoms with E-state index in [1.807, 2.05) is 37.4 Å². The number of benzene rings is 1. The molecule has 1 aromatic carbocycles. The number of hydrogen-bond donors (Lipinski definition) is 1. The lowest BCUT2D eigenvalue weighted by molar-refractivity contribution is -0.125. The second-order valence-corrected chi connectivity index (χ2v) is 5.36. The van der Waals surface area contributed by atoms with Gasteiger partial charge in [0.15, 0.2) is 10.7 Å². The van der Waals surface area contributed by atoms with Gasteiger partial charge < -0.3 is 10.1 Å². The van der Waals surface area contributed by atoms with Crippen molar-refractivity contribution in [3.8, 4) is 5.75 Å². The minimum atomic E-state index is -0.799. The van der Waals surface area contributed by atoms with Gasteiger partial charge in [-0.3, -0.25) is 4.79 Å². The van der Waals surface area contributed by atoms with E-state index in [1.165, 1.54) is 11.8 Å². The molecule has 0 bridgehead atoms. The number of hydrogen-bond acceptors (Lipinski definition) is 4. The molecule has 1 N–H and O–H groups in total. The Kier molecular flexibility index (Phi) is 2.59. The first-order chi connectivity index (χ1) is 8.65. The molecule has 1 spiro atoms. The molecule has 4 nitrogen and oxygen atoms in total. The molecule has 2 aliphatic rings. The van der Waals surface area contributed by atoms with Crippen LogP contribution in [0.1, 0.15) is 18.9 Å². The zero-order valence-electron chi connectivity index (χ0n) is 10.3. The highest BCUT2D eigenvalue weighted by Crippen LogP contribution is 2.44. The fourth-order valence-electron chi connectivity index (χ4n) is 2.57. The summed E-state index contributed by atoms with van der Waals surface area (Å²) >= 11 is 1.46. The molecule has 2 unspecified atom stereocenters. The maximum absolute atomic E-state index is 12.3. The number of nitrogens with zero attached hydrogens (tertiary/aromatic N) is 1.